The summed E-state index contributed by atoms with van der Waals surface area (Å²) in [6.07, 6.45) is 108. The van der Waals surface area contributed by atoms with Crippen molar-refractivity contribution in [3.05, 3.63) is 72.9 Å². The molecule has 10 nitrogen and oxygen atoms in total. The summed E-state index contributed by atoms with van der Waals surface area (Å²) in [4.78, 5) is 55.7. The van der Waals surface area contributed by atoms with Crippen LogP contribution in [-0.4, -0.2) is 62.9 Å². The molecule has 0 heterocycles. The van der Waals surface area contributed by atoms with Crippen LogP contribution < -0.4 is 0 Å². The van der Waals surface area contributed by atoms with Crippen LogP contribution in [0.15, 0.2) is 72.9 Å². The highest BCUT2D eigenvalue weighted by molar-refractivity contribution is 5.70. The summed E-state index contributed by atoms with van der Waals surface area (Å²) < 4.78 is 24.6. The number of carbonyl (C=O) groups is 5. The van der Waals surface area contributed by atoms with Crippen molar-refractivity contribution in [1.29, 1.82) is 0 Å². The van der Waals surface area contributed by atoms with Crippen molar-refractivity contribution in [2.24, 2.45) is 0 Å². The lowest BCUT2D eigenvalue weighted by atomic mass is 10.0. The third-order valence-electron chi connectivity index (χ3n) is 19.0. The van der Waals surface area contributed by atoms with Gasteiger partial charge in [-0.15, -0.1) is 0 Å². The Kier molecular flexibility index (Phi) is 114. The van der Waals surface area contributed by atoms with Gasteiger partial charge in [-0.05, 0) is 157 Å². The first-order valence-electron chi connectivity index (χ1n) is 46.7. The Bertz CT molecular complexity index is 1930. The number of esters is 5. The van der Waals surface area contributed by atoms with Crippen LogP contribution in [0.4, 0.5) is 0 Å². The molecule has 0 aliphatic heterocycles. The lowest BCUT2D eigenvalue weighted by molar-refractivity contribution is -0.144. The molecule has 10 heteroatoms. The largest absolute Gasteiger partial charge is 0.466 e. The van der Waals surface area contributed by atoms with Crippen molar-refractivity contribution in [3.63, 3.8) is 0 Å². The molecule has 0 fully saturated rings. The predicted molar refractivity (Wildman–Crippen MR) is 471 cm³/mol. The van der Waals surface area contributed by atoms with Gasteiger partial charge in [0.1, 0.15) is 0 Å². The maximum atomic E-state index is 11.2. The molecular formula is C98H184O10. The maximum Gasteiger partial charge on any atom is 0.305 e. The van der Waals surface area contributed by atoms with Crippen LogP contribution in [0.1, 0.15) is 493 Å². The van der Waals surface area contributed by atoms with Crippen molar-refractivity contribution in [2.75, 3.05) is 33.0 Å². The SMILES string of the molecule is CC/C=C/C/C=C/C/C=C/CCCCCCCC(=O)OCC.CCCCC/C=C/C/C=C/CCCCCCCC(=O)OCC.CCCCCCCC/C=C/CCCCCCCC(=O)OCC.CCCCCCCCCCCCCCCC(=O)OCC.CCCCCCCCCCCCCCCCCC(=O)OCC. The minimum Gasteiger partial charge on any atom is -0.466 e. The number of hydrogen-bond acceptors (Lipinski definition) is 10. The van der Waals surface area contributed by atoms with E-state index in [2.05, 4.69) is 108 Å². The van der Waals surface area contributed by atoms with E-state index in [1.165, 1.54) is 315 Å². The van der Waals surface area contributed by atoms with Gasteiger partial charge in [-0.1, -0.05) is 377 Å². The quantitative estimate of drug-likeness (QED) is 0.0251. The van der Waals surface area contributed by atoms with E-state index in [0.717, 1.165) is 77.0 Å². The highest BCUT2D eigenvalue weighted by atomic mass is 16.5. The Hall–Kier alpha value is -4.21. The second kappa shape index (κ2) is 109. The summed E-state index contributed by atoms with van der Waals surface area (Å²) in [5, 5.41) is 0. The van der Waals surface area contributed by atoms with Crippen LogP contribution in [0.5, 0.6) is 0 Å². The van der Waals surface area contributed by atoms with Crippen LogP contribution in [0.3, 0.4) is 0 Å². The maximum absolute atomic E-state index is 11.2. The normalized spacial score (nSPS) is 11.2. The van der Waals surface area contributed by atoms with Crippen molar-refractivity contribution >= 4 is 29.8 Å². The molecule has 0 N–H and O–H groups in total. The molecular weight excluding hydrogens is 1340 g/mol. The van der Waals surface area contributed by atoms with Gasteiger partial charge in [0.05, 0.1) is 33.0 Å². The van der Waals surface area contributed by atoms with Crippen LogP contribution in [0.2, 0.25) is 0 Å². The number of ether oxygens (including phenoxy) is 5. The molecule has 0 spiro atoms. The molecule has 0 atom stereocenters. The molecule has 0 aliphatic rings. The molecule has 0 saturated heterocycles. The Labute approximate surface area is 672 Å². The molecule has 0 aliphatic carbocycles. The minimum absolute atomic E-state index is 0.0304. The third-order valence-corrected chi connectivity index (χ3v) is 19.0. The lowest BCUT2D eigenvalue weighted by Gasteiger charge is -2.03. The van der Waals surface area contributed by atoms with Crippen LogP contribution in [-0.2, 0) is 47.7 Å². The van der Waals surface area contributed by atoms with E-state index in [1.54, 1.807) is 0 Å². The van der Waals surface area contributed by atoms with E-state index in [-0.39, 0.29) is 29.8 Å². The Balaban J connectivity index is -0.000000409. The fourth-order valence-electron chi connectivity index (χ4n) is 12.4. The molecule has 0 rings (SSSR count). The van der Waals surface area contributed by atoms with E-state index >= 15 is 0 Å². The van der Waals surface area contributed by atoms with Crippen molar-refractivity contribution in [3.8, 4) is 0 Å². The smallest absolute Gasteiger partial charge is 0.305 e. The molecule has 0 bridgehead atoms. The van der Waals surface area contributed by atoms with Gasteiger partial charge in [0.15, 0.2) is 0 Å². The summed E-state index contributed by atoms with van der Waals surface area (Å²) in [5.74, 6) is -0.204. The molecule has 0 saturated carbocycles. The molecule has 0 aromatic carbocycles. The van der Waals surface area contributed by atoms with Gasteiger partial charge in [-0.25, -0.2) is 0 Å². The van der Waals surface area contributed by atoms with Crippen molar-refractivity contribution in [2.45, 2.75) is 493 Å². The fourth-order valence-corrected chi connectivity index (χ4v) is 12.4. The summed E-state index contributed by atoms with van der Waals surface area (Å²) in [7, 11) is 0. The minimum atomic E-state index is -0.0522. The number of carbonyl (C=O) groups excluding carboxylic acids is 5. The average molecular weight is 1520 g/mol. The predicted octanol–water partition coefficient (Wildman–Crippen LogP) is 31.9. The topological polar surface area (TPSA) is 132 Å². The summed E-state index contributed by atoms with van der Waals surface area (Å²) in [6.45, 7) is 23.0. The molecule has 0 aromatic rings. The summed E-state index contributed by atoms with van der Waals surface area (Å²) in [6, 6.07) is 0. The van der Waals surface area contributed by atoms with Gasteiger partial charge >= 0.3 is 29.8 Å². The van der Waals surface area contributed by atoms with Crippen molar-refractivity contribution < 1.29 is 47.7 Å². The first kappa shape index (κ1) is 112. The van der Waals surface area contributed by atoms with E-state index in [1.807, 2.05) is 34.6 Å². The zero-order valence-corrected chi connectivity index (χ0v) is 73.7. The molecule has 108 heavy (non-hydrogen) atoms. The van der Waals surface area contributed by atoms with E-state index < -0.39 is 0 Å². The standard InChI is InChI=1S/C20H40O2.C20H38O2.C20H36O2.C20H34O2.C18H36O2/c4*1-3-5-6-7-8-9-10-11-12-13-14-15-16-17-18-19-20(21)22-4-2;1-3-5-6-7-8-9-10-11-12-13-14-15-16-17-18(19)20-4-2/h3-19H2,1-2H3;11-12H,3-10,13-19H2,1-2H3;8-9,11-12H,3-7,10,13-19H2,1-2H3;5-6,8-9,11-12H,3-4,7,10,13-19H2,1-2H3;3-17H2,1-2H3/b;12-11+;9-8+,12-11+;6-5+,9-8+,12-11+;. The van der Waals surface area contributed by atoms with Gasteiger partial charge < -0.3 is 23.7 Å². The molecule has 636 valence electrons. The molecule has 0 aromatic heterocycles. The first-order chi connectivity index (χ1) is 53.0. The van der Waals surface area contributed by atoms with E-state index in [4.69, 9.17) is 23.7 Å². The molecule has 0 radical (unpaired) electrons. The second-order valence-corrected chi connectivity index (χ2v) is 29.6. The number of rotatable bonds is 77. The first-order valence-corrected chi connectivity index (χ1v) is 46.7. The van der Waals surface area contributed by atoms with E-state index in [9.17, 15) is 24.0 Å². The van der Waals surface area contributed by atoms with Crippen molar-refractivity contribution in [1.82, 2.24) is 0 Å². The highest BCUT2D eigenvalue weighted by Gasteiger charge is 2.06. The number of allylic oxidation sites excluding steroid dienone is 12. The van der Waals surface area contributed by atoms with Gasteiger partial charge in [-0.3, -0.25) is 24.0 Å². The second-order valence-electron chi connectivity index (χ2n) is 29.6. The average Bonchev–Trinajstić information content (AvgIpc) is 3.37. The van der Waals surface area contributed by atoms with Gasteiger partial charge in [0, 0.05) is 32.1 Å². The lowest BCUT2D eigenvalue weighted by Crippen LogP contribution is -2.03. The monoisotopic (exact) mass is 1520 g/mol. The van der Waals surface area contributed by atoms with Gasteiger partial charge in [0.2, 0.25) is 0 Å². The van der Waals surface area contributed by atoms with Crippen LogP contribution in [0.25, 0.3) is 0 Å². The van der Waals surface area contributed by atoms with Crippen LogP contribution in [0, 0.1) is 0 Å². The third kappa shape index (κ3) is 118. The molecule has 0 amide bonds. The highest BCUT2D eigenvalue weighted by Crippen LogP contribution is 2.18. The van der Waals surface area contributed by atoms with Gasteiger partial charge in [0.25, 0.3) is 0 Å². The van der Waals surface area contributed by atoms with Gasteiger partial charge in [-0.2, -0.15) is 0 Å². The zero-order valence-electron chi connectivity index (χ0n) is 73.7. The Morgan fingerprint density at radius 3 is 0.491 bits per heavy atom. The van der Waals surface area contributed by atoms with E-state index in [0.29, 0.717) is 65.1 Å². The number of hydrogen-bond donors (Lipinski definition) is 0. The zero-order chi connectivity index (χ0) is 80.1. The Morgan fingerprint density at radius 2 is 0.306 bits per heavy atom. The van der Waals surface area contributed by atoms with Crippen LogP contribution >= 0.6 is 0 Å². The summed E-state index contributed by atoms with van der Waals surface area (Å²) >= 11 is 0. The fraction of sp³-hybridized carbons (Fsp3) is 0.827. The Morgan fingerprint density at radius 1 is 0.167 bits per heavy atom. The molecule has 0 unspecified atom stereocenters. The summed E-state index contributed by atoms with van der Waals surface area (Å²) in [5.41, 5.74) is 0. The number of unbranched alkanes of at least 4 members (excludes halogenated alkanes) is 50.